The Morgan fingerprint density at radius 2 is 1.46 bits per heavy atom. The first-order valence-corrected chi connectivity index (χ1v) is 12.6. The molecule has 3 amide bonds. The highest BCUT2D eigenvalue weighted by Crippen LogP contribution is 2.65. The van der Waals surface area contributed by atoms with Crippen molar-refractivity contribution in [2.24, 2.45) is 5.92 Å². The van der Waals surface area contributed by atoms with E-state index in [1.807, 2.05) is 5.32 Å². The zero-order valence-electron chi connectivity index (χ0n) is 19.8. The van der Waals surface area contributed by atoms with Crippen LogP contribution in [0.3, 0.4) is 0 Å². The average Bonchev–Trinajstić information content (AvgIpc) is 3.47. The molecule has 3 aromatic carbocycles. The van der Waals surface area contributed by atoms with Gasteiger partial charge in [-0.3, -0.25) is 14.4 Å². The number of halogens is 10. The van der Waals surface area contributed by atoms with E-state index in [0.29, 0.717) is 17.7 Å². The molecule has 1 saturated carbocycles. The summed E-state index contributed by atoms with van der Waals surface area (Å²) >= 11 is 24.4. The molecule has 41 heavy (non-hydrogen) atoms. The van der Waals surface area contributed by atoms with Gasteiger partial charge in [-0.1, -0.05) is 29.3 Å². The minimum absolute atomic E-state index is 0.0224. The Bertz CT molecular complexity index is 1580. The van der Waals surface area contributed by atoms with Crippen LogP contribution in [0.2, 0.25) is 10.0 Å². The molecule has 3 aromatic rings. The molecule has 1 aliphatic carbocycles. The lowest BCUT2D eigenvalue weighted by Crippen LogP contribution is -2.31. The van der Waals surface area contributed by atoms with Crippen LogP contribution >= 0.6 is 46.4 Å². The molecule has 6 nitrogen and oxygen atoms in total. The molecular weight excluding hydrogens is 646 g/mol. The molecule has 0 bridgehead atoms. The minimum Gasteiger partial charge on any atom is -0.326 e. The van der Waals surface area contributed by atoms with Crippen LogP contribution in [0.25, 0.3) is 0 Å². The largest absolute Gasteiger partial charge is 0.471 e. The van der Waals surface area contributed by atoms with Gasteiger partial charge in [-0.05, 0) is 48.0 Å². The number of carbonyl (C=O) groups is 3. The molecule has 1 aliphatic rings. The lowest BCUT2D eigenvalue weighted by atomic mass is 10.1. The SMILES string of the molecule is O=C(Nc1ccc(F)c(NC(=O)C(F)(F)F)c1F)c1cc(NC(=O)C2[C@H](c3ccc(F)c(Cl)c3)C2(Cl)Cl)ccc1Cl. The summed E-state index contributed by atoms with van der Waals surface area (Å²) in [6.07, 6.45) is -5.43. The first-order valence-electron chi connectivity index (χ1n) is 11.1. The highest BCUT2D eigenvalue weighted by molar-refractivity contribution is 6.53. The molecule has 16 heteroatoms. The van der Waals surface area contributed by atoms with Gasteiger partial charge in [0.1, 0.15) is 21.7 Å². The molecule has 1 fully saturated rings. The van der Waals surface area contributed by atoms with Crippen molar-refractivity contribution in [2.45, 2.75) is 16.4 Å². The molecule has 3 N–H and O–H groups in total. The van der Waals surface area contributed by atoms with E-state index in [-0.39, 0.29) is 21.3 Å². The number of benzene rings is 3. The Hall–Kier alpha value is -3.19. The van der Waals surface area contributed by atoms with Gasteiger partial charge < -0.3 is 16.0 Å². The molecule has 4 rings (SSSR count). The summed E-state index contributed by atoms with van der Waals surface area (Å²) in [4.78, 5) is 36.9. The zero-order chi connectivity index (χ0) is 30.4. The zero-order valence-corrected chi connectivity index (χ0v) is 22.8. The smallest absolute Gasteiger partial charge is 0.326 e. The Morgan fingerprint density at radius 3 is 2.10 bits per heavy atom. The van der Waals surface area contributed by atoms with Gasteiger partial charge in [0.05, 0.1) is 27.2 Å². The summed E-state index contributed by atoms with van der Waals surface area (Å²) in [5.41, 5.74) is -2.12. The van der Waals surface area contributed by atoms with Gasteiger partial charge >= 0.3 is 12.1 Å². The van der Waals surface area contributed by atoms with Crippen molar-refractivity contribution < 1.29 is 40.7 Å². The predicted octanol–water partition coefficient (Wildman–Crippen LogP) is 7.69. The van der Waals surface area contributed by atoms with E-state index >= 15 is 0 Å². The van der Waals surface area contributed by atoms with Gasteiger partial charge in [-0.2, -0.15) is 13.2 Å². The van der Waals surface area contributed by atoms with Crippen LogP contribution in [0, 0.1) is 23.4 Å². The molecule has 0 aromatic heterocycles. The molecule has 0 heterocycles. The fourth-order valence-corrected chi connectivity index (χ4v) is 5.13. The Morgan fingerprint density at radius 1 is 0.805 bits per heavy atom. The van der Waals surface area contributed by atoms with E-state index in [1.165, 1.54) is 24.3 Å². The van der Waals surface area contributed by atoms with Gasteiger partial charge in [0.15, 0.2) is 5.82 Å². The third-order valence-corrected chi connectivity index (χ3v) is 7.51. The van der Waals surface area contributed by atoms with Crippen LogP contribution in [-0.2, 0) is 9.59 Å². The third kappa shape index (κ3) is 6.35. The van der Waals surface area contributed by atoms with E-state index in [2.05, 4.69) is 5.32 Å². The van der Waals surface area contributed by atoms with Crippen molar-refractivity contribution in [1.29, 1.82) is 0 Å². The monoisotopic (exact) mass is 657 g/mol. The molecule has 0 saturated heterocycles. The predicted molar refractivity (Wildman–Crippen MR) is 141 cm³/mol. The van der Waals surface area contributed by atoms with Gasteiger partial charge in [-0.25, -0.2) is 13.2 Å². The Labute approximate surface area is 246 Å². The number of nitrogens with one attached hydrogen (secondary N) is 3. The molecule has 0 aliphatic heterocycles. The van der Waals surface area contributed by atoms with Crippen LogP contribution in [0.4, 0.5) is 43.4 Å². The van der Waals surface area contributed by atoms with E-state index < -0.39 is 68.9 Å². The normalized spacial score (nSPS) is 17.5. The standard InChI is InChI=1S/C25H13Cl4F6N3O3/c26-12-3-2-10(36-22(40)18-17(24(18,28)29)9-1-4-14(30)13(27)7-9)8-11(12)21(39)37-16-6-5-15(31)20(19(16)32)38-23(41)25(33,34)35/h1-8,17-18H,(H,36,40)(H,37,39)(H,38,41)/t17-,18?/m0/s1. The van der Waals surface area contributed by atoms with Crippen LogP contribution in [0.1, 0.15) is 21.8 Å². The fourth-order valence-electron chi connectivity index (χ4n) is 3.91. The summed E-state index contributed by atoms with van der Waals surface area (Å²) in [6, 6.07) is 8.60. The van der Waals surface area contributed by atoms with Gasteiger partial charge in [0, 0.05) is 11.6 Å². The second-order valence-corrected chi connectivity index (χ2v) is 10.9. The number of hydrogen-bond acceptors (Lipinski definition) is 3. The number of carbonyl (C=O) groups excluding carboxylic acids is 3. The van der Waals surface area contributed by atoms with E-state index in [9.17, 15) is 40.7 Å². The van der Waals surface area contributed by atoms with Crippen molar-refractivity contribution >= 4 is 81.2 Å². The number of anilines is 3. The lowest BCUT2D eigenvalue weighted by Gasteiger charge is -2.14. The second kappa shape index (κ2) is 11.2. The maximum Gasteiger partial charge on any atom is 0.471 e. The molecule has 0 spiro atoms. The number of rotatable bonds is 6. The number of alkyl halides is 5. The Balaban J connectivity index is 1.52. The summed E-state index contributed by atoms with van der Waals surface area (Å²) in [7, 11) is 0. The third-order valence-electron chi connectivity index (χ3n) is 5.95. The van der Waals surface area contributed by atoms with Gasteiger partial charge in [0.25, 0.3) is 5.91 Å². The summed E-state index contributed by atoms with van der Waals surface area (Å²) in [5, 5.41) is 5.22. The molecule has 216 valence electrons. The van der Waals surface area contributed by atoms with Crippen molar-refractivity contribution in [3.63, 3.8) is 0 Å². The molecule has 2 atom stereocenters. The quantitative estimate of drug-likeness (QED) is 0.188. The van der Waals surface area contributed by atoms with Crippen molar-refractivity contribution in [1.82, 2.24) is 0 Å². The van der Waals surface area contributed by atoms with Crippen LogP contribution in [0.15, 0.2) is 48.5 Å². The highest BCUT2D eigenvalue weighted by Gasteiger charge is 2.67. The van der Waals surface area contributed by atoms with Crippen molar-refractivity contribution in [3.05, 3.63) is 87.2 Å². The van der Waals surface area contributed by atoms with Crippen molar-refractivity contribution in [2.75, 3.05) is 16.0 Å². The molecular formula is C25H13Cl4F6N3O3. The van der Waals surface area contributed by atoms with Crippen molar-refractivity contribution in [3.8, 4) is 0 Å². The first-order chi connectivity index (χ1) is 19.0. The summed E-state index contributed by atoms with van der Waals surface area (Å²) < 4.78 is 78.2. The number of hydrogen-bond donors (Lipinski definition) is 3. The van der Waals surface area contributed by atoms with E-state index in [4.69, 9.17) is 46.4 Å². The maximum absolute atomic E-state index is 14.7. The van der Waals surface area contributed by atoms with Gasteiger partial charge in [0.2, 0.25) is 5.91 Å². The minimum atomic E-state index is -5.43. The number of amides is 3. The second-order valence-electron chi connectivity index (χ2n) is 8.68. The molecule has 0 radical (unpaired) electrons. The maximum atomic E-state index is 14.7. The Kier molecular flexibility index (Phi) is 8.43. The van der Waals surface area contributed by atoms with E-state index in [0.717, 1.165) is 17.4 Å². The summed E-state index contributed by atoms with van der Waals surface area (Å²) in [6.45, 7) is 0. The fraction of sp³-hybridized carbons (Fsp3) is 0.160. The average molecular weight is 659 g/mol. The van der Waals surface area contributed by atoms with Crippen LogP contribution in [-0.4, -0.2) is 28.2 Å². The highest BCUT2D eigenvalue weighted by atomic mass is 35.5. The van der Waals surface area contributed by atoms with E-state index in [1.54, 1.807) is 0 Å². The van der Waals surface area contributed by atoms with Gasteiger partial charge in [-0.15, -0.1) is 23.2 Å². The lowest BCUT2D eigenvalue weighted by molar-refractivity contribution is -0.167. The molecule has 1 unspecified atom stereocenters. The first kappa shape index (κ1) is 30.8. The van der Waals surface area contributed by atoms with Crippen LogP contribution in [0.5, 0.6) is 0 Å². The summed E-state index contributed by atoms with van der Waals surface area (Å²) in [5.74, 6) is -10.1. The van der Waals surface area contributed by atoms with Crippen LogP contribution < -0.4 is 16.0 Å². The topological polar surface area (TPSA) is 87.3 Å².